The van der Waals surface area contributed by atoms with Crippen LogP contribution in [0.25, 0.3) is 0 Å². The largest absolute Gasteiger partial charge is 0.395 e. The lowest BCUT2D eigenvalue weighted by Crippen LogP contribution is -2.59. The molecular weight excluding hydrogens is 238 g/mol. The maximum atomic E-state index is 9.05. The SMILES string of the molecule is Cc1ccc(CN2CCN(CCO)CC2(C)C)cn1. The number of pyridine rings is 1. The molecule has 1 aromatic heterocycles. The van der Waals surface area contributed by atoms with E-state index in [1.165, 1.54) is 5.56 Å². The molecule has 106 valence electrons. The van der Waals surface area contributed by atoms with Gasteiger partial charge in [-0.1, -0.05) is 6.07 Å². The molecule has 1 N–H and O–H groups in total. The van der Waals surface area contributed by atoms with E-state index in [1.54, 1.807) is 0 Å². The van der Waals surface area contributed by atoms with Crippen molar-refractivity contribution in [2.75, 3.05) is 32.8 Å². The van der Waals surface area contributed by atoms with Gasteiger partial charge in [-0.2, -0.15) is 0 Å². The monoisotopic (exact) mass is 263 g/mol. The van der Waals surface area contributed by atoms with E-state index in [4.69, 9.17) is 5.11 Å². The number of aromatic nitrogens is 1. The molecular formula is C15H25N3O. The van der Waals surface area contributed by atoms with Crippen molar-refractivity contribution < 1.29 is 5.11 Å². The van der Waals surface area contributed by atoms with Crippen LogP contribution in [0.4, 0.5) is 0 Å². The normalized spacial score (nSPS) is 20.6. The van der Waals surface area contributed by atoms with Crippen molar-refractivity contribution in [3.8, 4) is 0 Å². The molecule has 2 rings (SSSR count). The number of β-amino-alcohol motifs (C(OH)–C–C–N with tert-alkyl or cyclic N) is 1. The lowest BCUT2D eigenvalue weighted by molar-refractivity contribution is 0.00785. The zero-order valence-electron chi connectivity index (χ0n) is 12.3. The summed E-state index contributed by atoms with van der Waals surface area (Å²) in [5.41, 5.74) is 2.48. The van der Waals surface area contributed by atoms with Crippen molar-refractivity contribution in [1.29, 1.82) is 0 Å². The fourth-order valence-electron chi connectivity index (χ4n) is 2.73. The van der Waals surface area contributed by atoms with Crippen LogP contribution in [0.5, 0.6) is 0 Å². The third-order valence-corrected chi connectivity index (χ3v) is 3.92. The van der Waals surface area contributed by atoms with E-state index in [-0.39, 0.29) is 12.1 Å². The van der Waals surface area contributed by atoms with Crippen molar-refractivity contribution in [2.45, 2.75) is 32.9 Å². The van der Waals surface area contributed by atoms with Crippen LogP contribution in [0.3, 0.4) is 0 Å². The quantitative estimate of drug-likeness (QED) is 0.888. The summed E-state index contributed by atoms with van der Waals surface area (Å²) in [6, 6.07) is 4.24. The van der Waals surface area contributed by atoms with Gasteiger partial charge in [0.15, 0.2) is 0 Å². The second-order valence-corrected chi connectivity index (χ2v) is 6.04. The molecule has 0 atom stereocenters. The van der Waals surface area contributed by atoms with Gasteiger partial charge in [0.2, 0.25) is 0 Å². The minimum absolute atomic E-state index is 0.137. The van der Waals surface area contributed by atoms with Crippen LogP contribution >= 0.6 is 0 Å². The summed E-state index contributed by atoms with van der Waals surface area (Å²) in [6.07, 6.45) is 1.98. The average molecular weight is 263 g/mol. The highest BCUT2D eigenvalue weighted by Gasteiger charge is 2.33. The first kappa shape index (κ1) is 14.4. The molecule has 0 aromatic carbocycles. The second kappa shape index (κ2) is 5.99. The van der Waals surface area contributed by atoms with Crippen molar-refractivity contribution >= 4 is 0 Å². The van der Waals surface area contributed by atoms with Gasteiger partial charge in [0.1, 0.15) is 0 Å². The fraction of sp³-hybridized carbons (Fsp3) is 0.667. The number of hydrogen-bond acceptors (Lipinski definition) is 4. The lowest BCUT2D eigenvalue weighted by Gasteiger charge is -2.47. The molecule has 19 heavy (non-hydrogen) atoms. The minimum atomic E-state index is 0.137. The van der Waals surface area contributed by atoms with Gasteiger partial charge < -0.3 is 5.11 Å². The maximum absolute atomic E-state index is 9.05. The van der Waals surface area contributed by atoms with Gasteiger partial charge in [-0.25, -0.2) is 0 Å². The van der Waals surface area contributed by atoms with Crippen LogP contribution < -0.4 is 0 Å². The van der Waals surface area contributed by atoms with Gasteiger partial charge >= 0.3 is 0 Å². The molecule has 1 aliphatic heterocycles. The zero-order chi connectivity index (χ0) is 13.9. The average Bonchev–Trinajstić information content (AvgIpc) is 2.35. The molecule has 0 unspecified atom stereocenters. The van der Waals surface area contributed by atoms with Crippen molar-refractivity contribution in [1.82, 2.24) is 14.8 Å². The summed E-state index contributed by atoms with van der Waals surface area (Å²) in [4.78, 5) is 9.21. The van der Waals surface area contributed by atoms with Gasteiger partial charge in [0, 0.05) is 50.2 Å². The molecule has 0 amide bonds. The molecule has 4 heteroatoms. The predicted molar refractivity (Wildman–Crippen MR) is 77.0 cm³/mol. The zero-order valence-corrected chi connectivity index (χ0v) is 12.3. The van der Waals surface area contributed by atoms with Crippen LogP contribution in [-0.4, -0.2) is 58.2 Å². The molecule has 1 aliphatic rings. The van der Waals surface area contributed by atoms with Crippen LogP contribution in [0.15, 0.2) is 18.3 Å². The smallest absolute Gasteiger partial charge is 0.0558 e. The molecule has 4 nitrogen and oxygen atoms in total. The van der Waals surface area contributed by atoms with Gasteiger partial charge in [0.05, 0.1) is 6.61 Å². The number of aliphatic hydroxyl groups is 1. The molecule has 0 spiro atoms. The fourth-order valence-corrected chi connectivity index (χ4v) is 2.73. The Morgan fingerprint density at radius 1 is 1.32 bits per heavy atom. The standard InChI is InChI=1S/C15H25N3O/c1-13-4-5-14(10-16-13)11-18-7-6-17(8-9-19)12-15(18,2)3/h4-5,10,19H,6-9,11-12H2,1-3H3. The summed E-state index contributed by atoms with van der Waals surface area (Å²) >= 11 is 0. The Labute approximate surface area is 116 Å². The van der Waals surface area contributed by atoms with E-state index in [0.717, 1.165) is 38.4 Å². The molecule has 2 heterocycles. The highest BCUT2D eigenvalue weighted by atomic mass is 16.3. The van der Waals surface area contributed by atoms with Crippen molar-refractivity contribution in [3.63, 3.8) is 0 Å². The third kappa shape index (κ3) is 3.75. The highest BCUT2D eigenvalue weighted by molar-refractivity contribution is 5.13. The molecule has 0 aliphatic carbocycles. The second-order valence-electron chi connectivity index (χ2n) is 6.04. The number of nitrogens with zero attached hydrogens (tertiary/aromatic N) is 3. The van der Waals surface area contributed by atoms with Crippen molar-refractivity contribution in [2.24, 2.45) is 0 Å². The number of rotatable bonds is 4. The Balaban J connectivity index is 1.99. The van der Waals surface area contributed by atoms with E-state index < -0.39 is 0 Å². The topological polar surface area (TPSA) is 39.6 Å². The maximum Gasteiger partial charge on any atom is 0.0558 e. The Bertz CT molecular complexity index is 402. The summed E-state index contributed by atoms with van der Waals surface area (Å²) in [5.74, 6) is 0. The first-order valence-electron chi connectivity index (χ1n) is 7.01. The van der Waals surface area contributed by atoms with E-state index in [2.05, 4.69) is 40.8 Å². The predicted octanol–water partition coefficient (Wildman–Crippen LogP) is 1.28. The summed E-state index contributed by atoms with van der Waals surface area (Å²) < 4.78 is 0. The molecule has 0 bridgehead atoms. The van der Waals surface area contributed by atoms with Gasteiger partial charge in [0.25, 0.3) is 0 Å². The summed E-state index contributed by atoms with van der Waals surface area (Å²) in [5, 5.41) is 9.05. The van der Waals surface area contributed by atoms with Gasteiger partial charge in [-0.05, 0) is 32.4 Å². The first-order valence-corrected chi connectivity index (χ1v) is 7.01. The number of aliphatic hydroxyl groups excluding tert-OH is 1. The van der Waals surface area contributed by atoms with E-state index in [9.17, 15) is 0 Å². The van der Waals surface area contributed by atoms with Crippen molar-refractivity contribution in [3.05, 3.63) is 29.6 Å². The van der Waals surface area contributed by atoms with Crippen LogP contribution in [0.1, 0.15) is 25.1 Å². The molecule has 0 radical (unpaired) electrons. The molecule has 0 saturated carbocycles. The molecule has 1 saturated heterocycles. The Hall–Kier alpha value is -0.970. The van der Waals surface area contributed by atoms with E-state index in [1.807, 2.05) is 13.1 Å². The van der Waals surface area contributed by atoms with E-state index in [0.29, 0.717) is 0 Å². The first-order chi connectivity index (χ1) is 9.01. The Morgan fingerprint density at radius 3 is 2.68 bits per heavy atom. The molecule has 1 aromatic rings. The van der Waals surface area contributed by atoms with Crippen LogP contribution in [-0.2, 0) is 6.54 Å². The van der Waals surface area contributed by atoms with Gasteiger partial charge in [-0.15, -0.1) is 0 Å². The number of piperazine rings is 1. The lowest BCUT2D eigenvalue weighted by atomic mass is 9.98. The number of hydrogen-bond donors (Lipinski definition) is 1. The Kier molecular flexibility index (Phi) is 4.55. The Morgan fingerprint density at radius 2 is 2.11 bits per heavy atom. The van der Waals surface area contributed by atoms with Crippen LogP contribution in [0, 0.1) is 6.92 Å². The summed E-state index contributed by atoms with van der Waals surface area (Å²) in [7, 11) is 0. The highest BCUT2D eigenvalue weighted by Crippen LogP contribution is 2.22. The minimum Gasteiger partial charge on any atom is -0.395 e. The number of aryl methyl sites for hydroxylation is 1. The van der Waals surface area contributed by atoms with Gasteiger partial charge in [-0.3, -0.25) is 14.8 Å². The molecule has 1 fully saturated rings. The summed E-state index contributed by atoms with van der Waals surface area (Å²) in [6.45, 7) is 11.6. The van der Waals surface area contributed by atoms with E-state index >= 15 is 0 Å². The van der Waals surface area contributed by atoms with Crippen LogP contribution in [0.2, 0.25) is 0 Å². The third-order valence-electron chi connectivity index (χ3n) is 3.92.